The van der Waals surface area contributed by atoms with Crippen molar-refractivity contribution in [3.63, 3.8) is 0 Å². The van der Waals surface area contributed by atoms with Gasteiger partial charge in [-0.2, -0.15) is 0 Å². The van der Waals surface area contributed by atoms with E-state index in [1.807, 2.05) is 18.2 Å². The molecule has 0 radical (unpaired) electrons. The molecule has 0 amide bonds. The fourth-order valence-corrected chi connectivity index (χ4v) is 2.04. The molecule has 0 unspecified atom stereocenters. The number of hydrogen-bond acceptors (Lipinski definition) is 3. The Balaban J connectivity index is 2.81. The van der Waals surface area contributed by atoms with Crippen LogP contribution in [-0.4, -0.2) is 30.4 Å². The Morgan fingerprint density at radius 2 is 1.80 bits per heavy atom. The van der Waals surface area contributed by atoms with E-state index in [4.69, 9.17) is 0 Å². The third-order valence-electron chi connectivity index (χ3n) is 2.76. The Labute approximate surface area is 92.5 Å². The summed E-state index contributed by atoms with van der Waals surface area (Å²) in [7, 11) is 0. The van der Waals surface area contributed by atoms with Gasteiger partial charge in [0, 0.05) is 13.2 Å². The Morgan fingerprint density at radius 3 is 2.33 bits per heavy atom. The van der Waals surface area contributed by atoms with Gasteiger partial charge < -0.3 is 0 Å². The highest BCUT2D eigenvalue weighted by Gasteiger charge is 2.35. The van der Waals surface area contributed by atoms with Crippen LogP contribution >= 0.6 is 0 Å². The predicted molar refractivity (Wildman–Crippen MR) is 65.3 cm³/mol. The summed E-state index contributed by atoms with van der Waals surface area (Å²) >= 11 is 0. The van der Waals surface area contributed by atoms with Crippen molar-refractivity contribution < 1.29 is 0 Å². The molecule has 0 aliphatic carbocycles. The van der Waals surface area contributed by atoms with Gasteiger partial charge in [-0.1, -0.05) is 18.2 Å². The Bertz CT molecular complexity index is 225. The Morgan fingerprint density at radius 1 is 1.13 bits per heavy atom. The molecule has 0 saturated carbocycles. The van der Waals surface area contributed by atoms with Crippen LogP contribution in [0, 0.1) is 0 Å². The van der Waals surface area contributed by atoms with Crippen LogP contribution < -0.4 is 10.6 Å². The van der Waals surface area contributed by atoms with E-state index < -0.39 is 0 Å². The van der Waals surface area contributed by atoms with Crippen molar-refractivity contribution in [3.05, 3.63) is 38.0 Å². The average molecular weight is 207 g/mol. The molecule has 3 heteroatoms. The van der Waals surface area contributed by atoms with Crippen LogP contribution in [0.5, 0.6) is 0 Å². The van der Waals surface area contributed by atoms with E-state index in [1.165, 1.54) is 0 Å². The number of rotatable bonds is 6. The Hall–Kier alpha value is -0.900. The normalized spacial score (nSPS) is 20.8. The van der Waals surface area contributed by atoms with Crippen molar-refractivity contribution in [3.8, 4) is 0 Å². The van der Waals surface area contributed by atoms with Gasteiger partial charge in [-0.15, -0.1) is 19.7 Å². The van der Waals surface area contributed by atoms with Gasteiger partial charge in [0.25, 0.3) is 0 Å². The minimum atomic E-state index is -0.0388. The minimum Gasteiger partial charge on any atom is -0.292 e. The van der Waals surface area contributed by atoms with E-state index in [0.717, 1.165) is 32.7 Å². The smallest absolute Gasteiger partial charge is 0.0805 e. The molecule has 84 valence electrons. The average Bonchev–Trinajstić information content (AvgIpc) is 2.23. The van der Waals surface area contributed by atoms with Crippen molar-refractivity contribution in [2.75, 3.05) is 19.9 Å². The van der Waals surface area contributed by atoms with E-state index in [-0.39, 0.29) is 5.66 Å². The summed E-state index contributed by atoms with van der Waals surface area (Å²) in [5.41, 5.74) is -0.0388. The topological polar surface area (TPSA) is 27.3 Å². The molecule has 0 spiro atoms. The van der Waals surface area contributed by atoms with E-state index in [0.29, 0.717) is 0 Å². The maximum atomic E-state index is 3.83. The van der Waals surface area contributed by atoms with Crippen LogP contribution in [0.3, 0.4) is 0 Å². The summed E-state index contributed by atoms with van der Waals surface area (Å²) < 4.78 is 0. The lowest BCUT2D eigenvalue weighted by molar-refractivity contribution is 0.0270. The molecule has 0 bridgehead atoms. The highest BCUT2D eigenvalue weighted by atomic mass is 15.4. The summed E-state index contributed by atoms with van der Waals surface area (Å²) in [6.07, 6.45) is 7.66. The molecular formula is C12H21N3. The molecule has 1 heterocycles. The van der Waals surface area contributed by atoms with Crippen molar-refractivity contribution in [2.24, 2.45) is 0 Å². The minimum absolute atomic E-state index is 0.0388. The van der Waals surface area contributed by atoms with Gasteiger partial charge in [-0.05, 0) is 12.8 Å². The summed E-state index contributed by atoms with van der Waals surface area (Å²) in [5.74, 6) is 0. The maximum Gasteiger partial charge on any atom is 0.0805 e. The van der Waals surface area contributed by atoms with Gasteiger partial charge in [0.05, 0.1) is 12.3 Å². The quantitative estimate of drug-likeness (QED) is 0.645. The van der Waals surface area contributed by atoms with E-state index in [9.17, 15) is 0 Å². The zero-order valence-corrected chi connectivity index (χ0v) is 9.34. The zero-order valence-electron chi connectivity index (χ0n) is 9.34. The van der Waals surface area contributed by atoms with Gasteiger partial charge in [0.2, 0.25) is 0 Å². The number of nitrogens with one attached hydrogen (secondary N) is 2. The van der Waals surface area contributed by atoms with Crippen LogP contribution in [-0.2, 0) is 0 Å². The molecule has 2 N–H and O–H groups in total. The molecule has 15 heavy (non-hydrogen) atoms. The van der Waals surface area contributed by atoms with Crippen LogP contribution in [0.25, 0.3) is 0 Å². The maximum absolute atomic E-state index is 3.83. The van der Waals surface area contributed by atoms with Crippen LogP contribution in [0.4, 0.5) is 0 Å². The third kappa shape index (κ3) is 2.78. The lowest BCUT2D eigenvalue weighted by Gasteiger charge is -2.47. The van der Waals surface area contributed by atoms with Crippen molar-refractivity contribution in [2.45, 2.75) is 18.5 Å². The van der Waals surface area contributed by atoms with Crippen molar-refractivity contribution in [1.29, 1.82) is 0 Å². The van der Waals surface area contributed by atoms with E-state index in [2.05, 4.69) is 35.3 Å². The van der Waals surface area contributed by atoms with Crippen molar-refractivity contribution >= 4 is 0 Å². The molecule has 1 fully saturated rings. The molecule has 3 nitrogen and oxygen atoms in total. The lowest BCUT2D eigenvalue weighted by atomic mass is 9.98. The van der Waals surface area contributed by atoms with Crippen LogP contribution in [0.15, 0.2) is 38.0 Å². The first kappa shape index (κ1) is 12.2. The second-order valence-corrected chi connectivity index (χ2v) is 3.79. The molecule has 0 atom stereocenters. The third-order valence-corrected chi connectivity index (χ3v) is 2.76. The van der Waals surface area contributed by atoms with Gasteiger partial charge >= 0.3 is 0 Å². The summed E-state index contributed by atoms with van der Waals surface area (Å²) in [5, 5.41) is 6.78. The summed E-state index contributed by atoms with van der Waals surface area (Å²) in [4.78, 5) is 2.33. The highest BCUT2D eigenvalue weighted by Crippen LogP contribution is 2.23. The van der Waals surface area contributed by atoms with Crippen LogP contribution in [0.2, 0.25) is 0 Å². The highest BCUT2D eigenvalue weighted by molar-refractivity contribution is 5.00. The first-order valence-electron chi connectivity index (χ1n) is 5.32. The predicted octanol–water partition coefficient (Wildman–Crippen LogP) is 1.43. The Kier molecular flexibility index (Phi) is 4.75. The van der Waals surface area contributed by atoms with E-state index in [1.54, 1.807) is 0 Å². The number of hydrogen-bond donors (Lipinski definition) is 2. The fraction of sp³-hybridized carbons (Fsp3) is 0.500. The molecule has 1 saturated heterocycles. The lowest BCUT2D eigenvalue weighted by Crippen LogP contribution is -2.67. The second kappa shape index (κ2) is 5.85. The second-order valence-electron chi connectivity index (χ2n) is 3.79. The molecule has 1 rings (SSSR count). The van der Waals surface area contributed by atoms with Gasteiger partial charge in [-0.25, -0.2) is 0 Å². The molecule has 0 aromatic heterocycles. The van der Waals surface area contributed by atoms with Crippen molar-refractivity contribution in [1.82, 2.24) is 15.5 Å². The molecular weight excluding hydrogens is 186 g/mol. The SMILES string of the molecule is C=CCN1CNCNC1(CC=C)CC=C. The molecule has 1 aliphatic heterocycles. The zero-order chi connectivity index (χ0) is 11.1. The molecule has 0 aromatic rings. The van der Waals surface area contributed by atoms with Gasteiger partial charge in [0.15, 0.2) is 0 Å². The van der Waals surface area contributed by atoms with Crippen LogP contribution in [0.1, 0.15) is 12.8 Å². The van der Waals surface area contributed by atoms with E-state index >= 15 is 0 Å². The summed E-state index contributed by atoms with van der Waals surface area (Å²) in [6.45, 7) is 14.0. The van der Waals surface area contributed by atoms with Gasteiger partial charge in [0.1, 0.15) is 0 Å². The first-order chi connectivity index (χ1) is 7.29. The largest absolute Gasteiger partial charge is 0.292 e. The monoisotopic (exact) mass is 207 g/mol. The first-order valence-corrected chi connectivity index (χ1v) is 5.32. The molecule has 1 aliphatic rings. The number of nitrogens with zero attached hydrogens (tertiary/aromatic N) is 1. The standard InChI is InChI=1S/C12H21N3/c1-4-7-12(8-5-2)14-10-13-11-15(12)9-6-3/h4-6,13-14H,1-3,7-11H2. The summed E-state index contributed by atoms with van der Waals surface area (Å²) in [6, 6.07) is 0. The van der Waals surface area contributed by atoms with Gasteiger partial charge in [-0.3, -0.25) is 15.5 Å². The fourth-order valence-electron chi connectivity index (χ4n) is 2.04. The molecule has 0 aromatic carbocycles.